The Morgan fingerprint density at radius 3 is 2.81 bits per heavy atom. The number of nitrogens with one attached hydrogen (secondary N) is 1. The van der Waals surface area contributed by atoms with Crippen molar-refractivity contribution in [2.24, 2.45) is 10.9 Å². The third kappa shape index (κ3) is 4.35. The summed E-state index contributed by atoms with van der Waals surface area (Å²) >= 11 is 1.23. The maximum Gasteiger partial charge on any atom is 0.234 e. The number of hydrogen-bond acceptors (Lipinski definition) is 6. The summed E-state index contributed by atoms with van der Waals surface area (Å²) in [6, 6.07) is 11.6. The van der Waals surface area contributed by atoms with Gasteiger partial charge in [0.2, 0.25) is 5.91 Å². The van der Waals surface area contributed by atoms with Crippen LogP contribution in [0, 0.1) is 31.1 Å². The van der Waals surface area contributed by atoms with E-state index in [1.807, 2.05) is 32.0 Å². The fourth-order valence-electron chi connectivity index (χ4n) is 4.09. The normalized spacial score (nSPS) is 20.7. The molecule has 2 heterocycles. The Kier molecular flexibility index (Phi) is 6.10. The van der Waals surface area contributed by atoms with Crippen molar-refractivity contribution < 1.29 is 14.0 Å². The van der Waals surface area contributed by atoms with Crippen LogP contribution < -0.4 is 5.32 Å². The number of hydrogen-bond donors (Lipinski definition) is 1. The van der Waals surface area contributed by atoms with Gasteiger partial charge in [0.25, 0.3) is 0 Å². The molecule has 0 unspecified atom stereocenters. The Bertz CT molecular complexity index is 1130. The Hall–Kier alpha value is -3.11. The third-order valence-corrected chi connectivity index (χ3v) is 6.77. The van der Waals surface area contributed by atoms with Gasteiger partial charge in [-0.05, 0) is 62.1 Å². The monoisotopic (exact) mass is 433 g/mol. The number of rotatable bonds is 5. The smallest absolute Gasteiger partial charge is 0.234 e. The predicted molar refractivity (Wildman–Crippen MR) is 121 cm³/mol. The van der Waals surface area contributed by atoms with Gasteiger partial charge in [0.05, 0.1) is 35.5 Å². The predicted octanol–water partition coefficient (Wildman–Crippen LogP) is 4.91. The lowest BCUT2D eigenvalue weighted by molar-refractivity contribution is -0.122. The number of benzene rings is 1. The van der Waals surface area contributed by atoms with Crippen molar-refractivity contribution in [3.63, 3.8) is 0 Å². The summed E-state index contributed by atoms with van der Waals surface area (Å²) in [7, 11) is 0. The van der Waals surface area contributed by atoms with Gasteiger partial charge in [0, 0.05) is 17.8 Å². The van der Waals surface area contributed by atoms with Crippen LogP contribution in [0.4, 0.5) is 5.69 Å². The van der Waals surface area contributed by atoms with E-state index in [1.165, 1.54) is 11.8 Å². The van der Waals surface area contributed by atoms with Crippen molar-refractivity contribution in [3.05, 3.63) is 64.1 Å². The molecule has 1 aliphatic carbocycles. The minimum Gasteiger partial charge on any atom is -0.469 e. The average Bonchev–Trinajstić information content (AvgIpc) is 3.28. The molecule has 1 aromatic heterocycles. The number of aryl methyl sites for hydroxylation is 2. The average molecular weight is 434 g/mol. The van der Waals surface area contributed by atoms with Crippen LogP contribution in [0.3, 0.4) is 0 Å². The first kappa shape index (κ1) is 21.1. The first-order valence-electron chi connectivity index (χ1n) is 10.3. The Balaban J connectivity index is 1.57. The second kappa shape index (κ2) is 8.94. The highest BCUT2D eigenvalue weighted by atomic mass is 32.2. The zero-order chi connectivity index (χ0) is 22.0. The van der Waals surface area contributed by atoms with Gasteiger partial charge in [-0.15, -0.1) is 0 Å². The van der Waals surface area contributed by atoms with Gasteiger partial charge < -0.3 is 9.73 Å². The number of carbonyl (C=O) groups is 2. The number of nitrogens with zero attached hydrogens (tertiary/aromatic N) is 2. The number of ketones is 1. The number of Topliss-reactive ketones (excluding diaryl/α,β-unsaturated/α-hetero) is 1. The first-order valence-corrected chi connectivity index (χ1v) is 11.2. The second-order valence-corrected chi connectivity index (χ2v) is 8.82. The molecule has 1 N–H and O–H groups in total. The molecule has 7 heteroatoms. The van der Waals surface area contributed by atoms with Gasteiger partial charge in [0.1, 0.15) is 16.6 Å². The molecule has 1 aromatic carbocycles. The largest absolute Gasteiger partial charge is 0.469 e. The maximum atomic E-state index is 12.7. The van der Waals surface area contributed by atoms with Crippen LogP contribution in [0.15, 0.2) is 56.6 Å². The van der Waals surface area contributed by atoms with E-state index >= 15 is 0 Å². The van der Waals surface area contributed by atoms with Crippen LogP contribution in [0.2, 0.25) is 0 Å². The fraction of sp³-hybridized carbons (Fsp3) is 0.333. The van der Waals surface area contributed by atoms with Crippen molar-refractivity contribution in [1.82, 2.24) is 0 Å². The molecule has 0 bridgehead atoms. The van der Waals surface area contributed by atoms with Crippen LogP contribution in [-0.2, 0) is 9.59 Å². The van der Waals surface area contributed by atoms with Crippen molar-refractivity contribution in [2.75, 3.05) is 11.1 Å². The van der Waals surface area contributed by atoms with Crippen LogP contribution in [0.25, 0.3) is 0 Å². The molecule has 1 fully saturated rings. The maximum absolute atomic E-state index is 12.7. The molecule has 2 atom stereocenters. The standard InChI is InChI=1S/C24H23N3O3S/c1-14-8-9-16(11-15(14)2)26-21(29)13-31-24-17(12-25)22(20-7-4-10-30-20)23-18(27-24)5-3-6-19(23)28/h4,7-11,22-23H,3,5-6,13H2,1-2H3,(H,26,29)/t22-,23+/m1/s1. The van der Waals surface area contributed by atoms with Crippen molar-refractivity contribution >= 4 is 34.9 Å². The minimum atomic E-state index is -0.481. The van der Waals surface area contributed by atoms with E-state index in [9.17, 15) is 14.9 Å². The molecule has 4 rings (SSSR count). The van der Waals surface area contributed by atoms with E-state index in [2.05, 4.69) is 16.4 Å². The molecule has 0 radical (unpaired) electrons. The molecule has 158 valence electrons. The number of thioether (sulfide) groups is 1. The topological polar surface area (TPSA) is 95.5 Å². The summed E-state index contributed by atoms with van der Waals surface area (Å²) in [5.41, 5.74) is 4.18. The van der Waals surface area contributed by atoms with Crippen LogP contribution in [0.1, 0.15) is 42.1 Å². The Morgan fingerprint density at radius 1 is 1.26 bits per heavy atom. The first-order chi connectivity index (χ1) is 15.0. The molecule has 1 aliphatic heterocycles. The molecule has 6 nitrogen and oxygen atoms in total. The Labute approximate surface area is 185 Å². The van der Waals surface area contributed by atoms with E-state index < -0.39 is 11.8 Å². The van der Waals surface area contributed by atoms with Gasteiger partial charge in [-0.2, -0.15) is 5.26 Å². The zero-order valence-electron chi connectivity index (χ0n) is 17.5. The van der Waals surface area contributed by atoms with Gasteiger partial charge in [-0.25, -0.2) is 4.99 Å². The molecule has 0 saturated heterocycles. The van der Waals surface area contributed by atoms with Crippen LogP contribution in [0.5, 0.6) is 0 Å². The highest BCUT2D eigenvalue weighted by molar-refractivity contribution is 8.03. The summed E-state index contributed by atoms with van der Waals surface area (Å²) in [5.74, 6) is -0.311. The van der Waals surface area contributed by atoms with Crippen molar-refractivity contribution in [3.8, 4) is 6.07 Å². The molecule has 1 amide bonds. The number of allylic oxidation sites excluding steroid dienone is 1. The van der Waals surface area contributed by atoms with Crippen molar-refractivity contribution in [1.29, 1.82) is 5.26 Å². The number of furan rings is 1. The summed E-state index contributed by atoms with van der Waals surface area (Å²) in [6.45, 7) is 4.02. The summed E-state index contributed by atoms with van der Waals surface area (Å²) in [6.07, 6.45) is 3.50. The molecule has 0 spiro atoms. The van der Waals surface area contributed by atoms with Crippen LogP contribution in [-0.4, -0.2) is 23.2 Å². The summed E-state index contributed by atoms with van der Waals surface area (Å²) < 4.78 is 5.60. The summed E-state index contributed by atoms with van der Waals surface area (Å²) in [5, 5.41) is 13.3. The number of carbonyl (C=O) groups excluding carboxylic acids is 2. The fourth-order valence-corrected chi connectivity index (χ4v) is 4.94. The quantitative estimate of drug-likeness (QED) is 0.723. The summed E-state index contributed by atoms with van der Waals surface area (Å²) in [4.78, 5) is 29.9. The highest BCUT2D eigenvalue weighted by Crippen LogP contribution is 2.45. The van der Waals surface area contributed by atoms with Crippen LogP contribution >= 0.6 is 11.8 Å². The van der Waals surface area contributed by atoms with E-state index in [4.69, 9.17) is 4.42 Å². The molecule has 1 saturated carbocycles. The number of nitriles is 1. The van der Waals surface area contributed by atoms with Gasteiger partial charge >= 0.3 is 0 Å². The van der Waals surface area contributed by atoms with Gasteiger partial charge in [-0.1, -0.05) is 17.8 Å². The molecule has 2 aliphatic rings. The third-order valence-electron chi connectivity index (χ3n) is 5.78. The molecular formula is C24H23N3O3S. The molecular weight excluding hydrogens is 410 g/mol. The lowest BCUT2D eigenvalue weighted by Gasteiger charge is -2.33. The lowest BCUT2D eigenvalue weighted by atomic mass is 9.72. The minimum absolute atomic E-state index is 0.0932. The van der Waals surface area contributed by atoms with E-state index in [0.29, 0.717) is 29.2 Å². The van der Waals surface area contributed by atoms with E-state index in [-0.39, 0.29) is 17.4 Å². The zero-order valence-corrected chi connectivity index (χ0v) is 18.3. The number of amides is 1. The van der Waals surface area contributed by atoms with E-state index in [0.717, 1.165) is 28.9 Å². The Morgan fingerprint density at radius 2 is 2.10 bits per heavy atom. The lowest BCUT2D eigenvalue weighted by Crippen LogP contribution is -2.37. The van der Waals surface area contributed by atoms with Gasteiger partial charge in [-0.3, -0.25) is 9.59 Å². The van der Waals surface area contributed by atoms with E-state index in [1.54, 1.807) is 18.4 Å². The second-order valence-electron chi connectivity index (χ2n) is 7.86. The molecule has 31 heavy (non-hydrogen) atoms. The highest BCUT2D eigenvalue weighted by Gasteiger charge is 2.43. The number of aliphatic imine (C=N–C) groups is 1. The van der Waals surface area contributed by atoms with Gasteiger partial charge in [0.15, 0.2) is 0 Å². The molecule has 2 aromatic rings. The number of fused-ring (bicyclic) bond motifs is 1. The van der Waals surface area contributed by atoms with Crippen molar-refractivity contribution in [2.45, 2.75) is 39.0 Å². The number of anilines is 1. The SMILES string of the molecule is Cc1ccc(NC(=O)CSC2=C(C#N)[C@H](c3ccco3)[C@@H]3C(=O)CCCC3=N2)cc1C.